The number of nitrogens with one attached hydrogen (secondary N) is 1. The molecule has 1 aromatic rings. The van der Waals surface area contributed by atoms with Crippen LogP contribution in [0.4, 0.5) is 0 Å². The van der Waals surface area contributed by atoms with Crippen LogP contribution in [0.2, 0.25) is 5.02 Å². The van der Waals surface area contributed by atoms with Crippen LogP contribution in [-0.2, 0) is 6.42 Å². The number of fused-ring (bicyclic) bond motifs is 1. The molecule has 17 heavy (non-hydrogen) atoms. The predicted octanol–water partition coefficient (Wildman–Crippen LogP) is 3.48. The Hall–Kier alpha value is -0.730. The Morgan fingerprint density at radius 1 is 1.35 bits per heavy atom. The maximum Gasteiger partial charge on any atom is 0.127 e. The molecule has 1 fully saturated rings. The van der Waals surface area contributed by atoms with Gasteiger partial charge in [0, 0.05) is 23.0 Å². The summed E-state index contributed by atoms with van der Waals surface area (Å²) >= 11 is 6.21. The van der Waals surface area contributed by atoms with Crippen LogP contribution in [0.25, 0.3) is 0 Å². The van der Waals surface area contributed by atoms with Crippen LogP contribution in [0.5, 0.6) is 5.75 Å². The summed E-state index contributed by atoms with van der Waals surface area (Å²) in [6.45, 7) is 3.22. The predicted molar refractivity (Wildman–Crippen MR) is 69.8 cm³/mol. The summed E-state index contributed by atoms with van der Waals surface area (Å²) < 4.78 is 5.95. The van der Waals surface area contributed by atoms with Crippen molar-refractivity contribution in [1.29, 1.82) is 0 Å². The minimum Gasteiger partial charge on any atom is -0.490 e. The van der Waals surface area contributed by atoms with Gasteiger partial charge in [-0.25, -0.2) is 0 Å². The van der Waals surface area contributed by atoms with E-state index in [9.17, 15) is 0 Å². The number of rotatable bonds is 1. The number of benzene rings is 1. The van der Waals surface area contributed by atoms with Gasteiger partial charge in [0.25, 0.3) is 0 Å². The minimum atomic E-state index is 0.283. The fourth-order valence-corrected chi connectivity index (χ4v) is 3.15. The number of hydrogen-bond acceptors (Lipinski definition) is 2. The van der Waals surface area contributed by atoms with Gasteiger partial charge in [-0.3, -0.25) is 0 Å². The third kappa shape index (κ3) is 2.16. The molecule has 2 heterocycles. The molecule has 0 aliphatic carbocycles. The minimum absolute atomic E-state index is 0.283. The van der Waals surface area contributed by atoms with Gasteiger partial charge in [0.05, 0.1) is 0 Å². The summed E-state index contributed by atoms with van der Waals surface area (Å²) in [5.41, 5.74) is 2.53. The smallest absolute Gasteiger partial charge is 0.127 e. The molecule has 92 valence electrons. The normalized spacial score (nSPS) is 27.6. The average Bonchev–Trinajstić information content (AvgIpc) is 2.69. The van der Waals surface area contributed by atoms with Gasteiger partial charge in [0.15, 0.2) is 0 Å². The summed E-state index contributed by atoms with van der Waals surface area (Å²) in [6.07, 6.45) is 5.01. The topological polar surface area (TPSA) is 21.3 Å². The SMILES string of the molecule is CC1Cc2cc(Cl)cc(C3CCCCN3)c2O1. The van der Waals surface area contributed by atoms with E-state index < -0.39 is 0 Å². The van der Waals surface area contributed by atoms with Crippen LogP contribution < -0.4 is 10.1 Å². The third-order valence-corrected chi connectivity index (χ3v) is 3.89. The monoisotopic (exact) mass is 251 g/mol. The summed E-state index contributed by atoms with van der Waals surface area (Å²) in [5, 5.41) is 4.41. The Bertz CT molecular complexity index is 426. The van der Waals surface area contributed by atoms with E-state index in [1.54, 1.807) is 0 Å². The maximum atomic E-state index is 6.21. The number of halogens is 1. The molecule has 2 nitrogen and oxygen atoms in total. The molecule has 2 aliphatic rings. The van der Waals surface area contributed by atoms with Gasteiger partial charge in [-0.2, -0.15) is 0 Å². The van der Waals surface area contributed by atoms with Crippen LogP contribution in [0.3, 0.4) is 0 Å². The fourth-order valence-electron chi connectivity index (χ4n) is 2.90. The number of ether oxygens (including phenoxy) is 1. The lowest BCUT2D eigenvalue weighted by molar-refractivity contribution is 0.248. The van der Waals surface area contributed by atoms with E-state index >= 15 is 0 Å². The summed E-state index contributed by atoms with van der Waals surface area (Å²) in [7, 11) is 0. The lowest BCUT2D eigenvalue weighted by Gasteiger charge is -2.25. The van der Waals surface area contributed by atoms with Crippen LogP contribution in [0, 0.1) is 0 Å². The Balaban J connectivity index is 1.98. The molecule has 1 aromatic carbocycles. The van der Waals surface area contributed by atoms with E-state index in [0.717, 1.165) is 23.7 Å². The highest BCUT2D eigenvalue weighted by Crippen LogP contribution is 2.40. The summed E-state index contributed by atoms with van der Waals surface area (Å²) in [4.78, 5) is 0. The van der Waals surface area contributed by atoms with Crippen LogP contribution in [0.15, 0.2) is 12.1 Å². The van der Waals surface area contributed by atoms with Gasteiger partial charge in [0.1, 0.15) is 11.9 Å². The van der Waals surface area contributed by atoms with Gasteiger partial charge in [-0.15, -0.1) is 0 Å². The Morgan fingerprint density at radius 3 is 3.00 bits per heavy atom. The first-order valence-electron chi connectivity index (χ1n) is 6.46. The van der Waals surface area contributed by atoms with Crippen molar-refractivity contribution in [3.8, 4) is 5.75 Å². The Labute approximate surface area is 107 Å². The van der Waals surface area contributed by atoms with E-state index in [1.165, 1.54) is 30.4 Å². The second-order valence-electron chi connectivity index (χ2n) is 5.12. The van der Waals surface area contributed by atoms with Crippen molar-refractivity contribution in [2.45, 2.75) is 44.8 Å². The van der Waals surface area contributed by atoms with Crippen molar-refractivity contribution in [2.75, 3.05) is 6.54 Å². The van der Waals surface area contributed by atoms with E-state index in [2.05, 4.69) is 18.3 Å². The summed E-state index contributed by atoms with van der Waals surface area (Å²) in [6, 6.07) is 4.54. The lowest BCUT2D eigenvalue weighted by Crippen LogP contribution is -2.27. The second-order valence-corrected chi connectivity index (χ2v) is 5.55. The van der Waals surface area contributed by atoms with Crippen molar-refractivity contribution in [2.24, 2.45) is 0 Å². The van der Waals surface area contributed by atoms with Gasteiger partial charge in [0.2, 0.25) is 0 Å². The molecule has 2 atom stereocenters. The maximum absolute atomic E-state index is 6.21. The van der Waals surface area contributed by atoms with E-state index in [4.69, 9.17) is 16.3 Å². The molecule has 0 amide bonds. The van der Waals surface area contributed by atoms with Gasteiger partial charge < -0.3 is 10.1 Å². The zero-order valence-electron chi connectivity index (χ0n) is 10.1. The Morgan fingerprint density at radius 2 is 2.24 bits per heavy atom. The highest BCUT2D eigenvalue weighted by Gasteiger charge is 2.27. The van der Waals surface area contributed by atoms with Gasteiger partial charge in [-0.1, -0.05) is 18.0 Å². The zero-order valence-corrected chi connectivity index (χ0v) is 10.9. The largest absolute Gasteiger partial charge is 0.490 e. The molecule has 1 saturated heterocycles. The quantitative estimate of drug-likeness (QED) is 0.825. The van der Waals surface area contributed by atoms with Gasteiger partial charge in [-0.05, 0) is 44.0 Å². The van der Waals surface area contributed by atoms with Crippen molar-refractivity contribution >= 4 is 11.6 Å². The molecule has 0 saturated carbocycles. The van der Waals surface area contributed by atoms with Gasteiger partial charge >= 0.3 is 0 Å². The van der Waals surface area contributed by atoms with E-state index in [-0.39, 0.29) is 6.10 Å². The molecular weight excluding hydrogens is 234 g/mol. The molecule has 0 radical (unpaired) electrons. The Kier molecular flexibility index (Phi) is 3.01. The average molecular weight is 252 g/mol. The first-order chi connectivity index (χ1) is 8.24. The molecule has 0 spiro atoms. The molecule has 2 aliphatic heterocycles. The lowest BCUT2D eigenvalue weighted by atomic mass is 9.95. The highest BCUT2D eigenvalue weighted by molar-refractivity contribution is 6.30. The zero-order chi connectivity index (χ0) is 11.8. The standard InChI is InChI=1S/C14H18ClNO/c1-9-6-10-7-11(15)8-12(14(10)17-9)13-4-2-3-5-16-13/h7-9,13,16H,2-6H2,1H3. The van der Waals surface area contributed by atoms with E-state index in [0.29, 0.717) is 6.04 Å². The molecule has 2 unspecified atom stereocenters. The van der Waals surface area contributed by atoms with Crippen LogP contribution in [-0.4, -0.2) is 12.6 Å². The molecule has 3 rings (SSSR count). The second kappa shape index (κ2) is 4.51. The molecule has 3 heteroatoms. The fraction of sp³-hybridized carbons (Fsp3) is 0.571. The van der Waals surface area contributed by atoms with E-state index in [1.807, 2.05) is 6.07 Å². The number of hydrogen-bond donors (Lipinski definition) is 1. The molecule has 1 N–H and O–H groups in total. The molecule has 0 aromatic heterocycles. The third-order valence-electron chi connectivity index (χ3n) is 3.67. The first-order valence-corrected chi connectivity index (χ1v) is 6.84. The van der Waals surface area contributed by atoms with Crippen molar-refractivity contribution < 1.29 is 4.74 Å². The van der Waals surface area contributed by atoms with Crippen molar-refractivity contribution in [3.05, 3.63) is 28.3 Å². The van der Waals surface area contributed by atoms with Crippen molar-refractivity contribution in [1.82, 2.24) is 5.32 Å². The molecule has 0 bridgehead atoms. The first kappa shape index (κ1) is 11.4. The van der Waals surface area contributed by atoms with Crippen molar-refractivity contribution in [3.63, 3.8) is 0 Å². The highest BCUT2D eigenvalue weighted by atomic mass is 35.5. The van der Waals surface area contributed by atoms with Crippen LogP contribution >= 0.6 is 11.6 Å². The van der Waals surface area contributed by atoms with Crippen LogP contribution in [0.1, 0.15) is 43.4 Å². The molecular formula is C14H18ClNO. The number of piperidine rings is 1. The summed E-state index contributed by atoms with van der Waals surface area (Å²) in [5.74, 6) is 1.08.